The number of ether oxygens (including phenoxy) is 2. The molecule has 1 aliphatic heterocycles. The Morgan fingerprint density at radius 1 is 0.821 bits per heavy atom. The Bertz CT molecular complexity index is 890. The summed E-state index contributed by atoms with van der Waals surface area (Å²) in [6.45, 7) is 5.32. The number of hydrogen-bond acceptors (Lipinski definition) is 3. The number of methoxy groups -OCH3 is 1. The summed E-state index contributed by atoms with van der Waals surface area (Å²) in [5.74, 6) is 2.73. The van der Waals surface area contributed by atoms with Gasteiger partial charge in [-0.15, -0.1) is 0 Å². The van der Waals surface area contributed by atoms with Crippen LogP contribution in [0.1, 0.15) is 5.56 Å². The number of quaternary nitrogens is 1. The van der Waals surface area contributed by atoms with Crippen molar-refractivity contribution in [1.29, 1.82) is 0 Å². The lowest BCUT2D eigenvalue weighted by Crippen LogP contribution is -3.13. The van der Waals surface area contributed by atoms with E-state index in [4.69, 9.17) is 9.47 Å². The van der Waals surface area contributed by atoms with Crippen LogP contribution in [-0.4, -0.2) is 33.3 Å². The molecule has 4 nitrogen and oxygen atoms in total. The highest BCUT2D eigenvalue weighted by atomic mass is 16.5. The van der Waals surface area contributed by atoms with Crippen LogP contribution in [0.25, 0.3) is 0 Å². The summed E-state index contributed by atoms with van der Waals surface area (Å²) in [4.78, 5) is 4.03. The van der Waals surface area contributed by atoms with Gasteiger partial charge in [0.25, 0.3) is 0 Å². The van der Waals surface area contributed by atoms with Gasteiger partial charge in [-0.2, -0.15) is 0 Å². The van der Waals surface area contributed by atoms with Crippen LogP contribution in [0.2, 0.25) is 0 Å². The molecular weight excluding hydrogens is 348 g/mol. The number of anilines is 1. The maximum Gasteiger partial charge on any atom is 0.142 e. The van der Waals surface area contributed by atoms with Crippen molar-refractivity contribution >= 4 is 5.69 Å². The highest BCUT2D eigenvalue weighted by Crippen LogP contribution is 2.27. The monoisotopic (exact) mass is 375 g/mol. The van der Waals surface area contributed by atoms with Crippen molar-refractivity contribution in [2.75, 3.05) is 38.2 Å². The number of nitrogens with one attached hydrogen (secondary N) is 1. The predicted octanol–water partition coefficient (Wildman–Crippen LogP) is 3.39. The van der Waals surface area contributed by atoms with Crippen LogP contribution in [0.5, 0.6) is 17.2 Å². The first kappa shape index (κ1) is 18.4. The Morgan fingerprint density at radius 2 is 1.54 bits per heavy atom. The second-order valence-corrected chi connectivity index (χ2v) is 7.15. The molecule has 1 saturated heterocycles. The van der Waals surface area contributed by atoms with Crippen molar-refractivity contribution in [2.45, 2.75) is 6.54 Å². The van der Waals surface area contributed by atoms with Crippen LogP contribution >= 0.6 is 0 Å². The fourth-order valence-electron chi connectivity index (χ4n) is 3.76. The first-order chi connectivity index (χ1) is 13.8. The number of benzene rings is 3. The lowest BCUT2D eigenvalue weighted by Gasteiger charge is -2.34. The van der Waals surface area contributed by atoms with Crippen molar-refractivity contribution in [3.05, 3.63) is 84.4 Å². The smallest absolute Gasteiger partial charge is 0.142 e. The third kappa shape index (κ3) is 4.46. The summed E-state index contributed by atoms with van der Waals surface area (Å²) >= 11 is 0. The maximum absolute atomic E-state index is 5.98. The molecule has 144 valence electrons. The van der Waals surface area contributed by atoms with Gasteiger partial charge < -0.3 is 19.3 Å². The summed E-state index contributed by atoms with van der Waals surface area (Å²) in [6, 6.07) is 26.7. The number of piperazine rings is 1. The van der Waals surface area contributed by atoms with Gasteiger partial charge in [0, 0.05) is 5.56 Å². The van der Waals surface area contributed by atoms with Gasteiger partial charge in [0.15, 0.2) is 0 Å². The van der Waals surface area contributed by atoms with Crippen LogP contribution in [0, 0.1) is 0 Å². The maximum atomic E-state index is 5.98. The molecule has 28 heavy (non-hydrogen) atoms. The van der Waals surface area contributed by atoms with Crippen LogP contribution in [0.15, 0.2) is 78.9 Å². The largest absolute Gasteiger partial charge is 0.495 e. The third-order valence-electron chi connectivity index (χ3n) is 5.23. The van der Waals surface area contributed by atoms with Crippen molar-refractivity contribution in [2.24, 2.45) is 0 Å². The number of rotatable bonds is 6. The molecule has 0 radical (unpaired) electrons. The van der Waals surface area contributed by atoms with Gasteiger partial charge in [-0.05, 0) is 36.4 Å². The molecule has 0 unspecified atom stereocenters. The molecule has 0 bridgehead atoms. The minimum absolute atomic E-state index is 0.873. The molecule has 0 spiro atoms. The summed E-state index contributed by atoms with van der Waals surface area (Å²) in [7, 11) is 1.74. The molecule has 1 heterocycles. The van der Waals surface area contributed by atoms with Gasteiger partial charge in [0.05, 0.1) is 39.0 Å². The van der Waals surface area contributed by atoms with E-state index in [1.54, 1.807) is 12.0 Å². The van der Waals surface area contributed by atoms with Gasteiger partial charge in [-0.3, -0.25) is 0 Å². The van der Waals surface area contributed by atoms with Crippen molar-refractivity contribution in [3.63, 3.8) is 0 Å². The molecule has 4 rings (SSSR count). The Hall–Kier alpha value is -2.98. The first-order valence-electron chi connectivity index (χ1n) is 9.85. The minimum Gasteiger partial charge on any atom is -0.495 e. The third-order valence-corrected chi connectivity index (χ3v) is 5.23. The highest BCUT2D eigenvalue weighted by molar-refractivity contribution is 5.58. The lowest BCUT2D eigenvalue weighted by molar-refractivity contribution is -0.914. The zero-order valence-corrected chi connectivity index (χ0v) is 16.3. The normalized spacial score (nSPS) is 14.7. The number of para-hydroxylation sites is 3. The molecule has 0 aliphatic carbocycles. The Balaban J connectivity index is 1.35. The first-order valence-corrected chi connectivity index (χ1v) is 9.85. The van der Waals surface area contributed by atoms with E-state index >= 15 is 0 Å². The van der Waals surface area contributed by atoms with Crippen LogP contribution in [0.3, 0.4) is 0 Å². The fraction of sp³-hybridized carbons (Fsp3) is 0.250. The Kier molecular flexibility index (Phi) is 5.78. The van der Waals surface area contributed by atoms with E-state index in [1.807, 2.05) is 48.5 Å². The van der Waals surface area contributed by atoms with Crippen molar-refractivity contribution in [1.82, 2.24) is 0 Å². The predicted molar refractivity (Wildman–Crippen MR) is 113 cm³/mol. The number of nitrogens with zero attached hydrogens (tertiary/aromatic N) is 1. The molecular formula is C24H27N2O2+. The van der Waals surface area contributed by atoms with E-state index in [9.17, 15) is 0 Å². The molecule has 0 saturated carbocycles. The summed E-state index contributed by atoms with van der Waals surface area (Å²) < 4.78 is 11.5. The van der Waals surface area contributed by atoms with Crippen LogP contribution < -0.4 is 19.3 Å². The standard InChI is InChI=1S/C24H26N2O2/c1-27-24-13-6-5-12-23(24)26-16-14-25(15-17-26)19-20-8-7-11-22(18-20)28-21-9-3-2-4-10-21/h2-13,18H,14-17,19H2,1H3/p+1. The van der Waals surface area contributed by atoms with E-state index in [-0.39, 0.29) is 0 Å². The van der Waals surface area contributed by atoms with Gasteiger partial charge in [0.2, 0.25) is 0 Å². The second kappa shape index (κ2) is 8.81. The topological polar surface area (TPSA) is 26.1 Å². The minimum atomic E-state index is 0.873. The Labute approximate surface area is 166 Å². The molecule has 0 amide bonds. The van der Waals surface area contributed by atoms with Crippen molar-refractivity contribution in [3.8, 4) is 17.2 Å². The SMILES string of the molecule is COc1ccccc1N1CC[NH+](Cc2cccc(Oc3ccccc3)c2)CC1. The molecule has 1 N–H and O–H groups in total. The van der Waals surface area contributed by atoms with E-state index in [0.717, 1.165) is 50.0 Å². The lowest BCUT2D eigenvalue weighted by atomic mass is 10.1. The molecule has 4 heteroatoms. The van der Waals surface area contributed by atoms with Crippen LogP contribution in [-0.2, 0) is 6.54 Å². The summed E-state index contributed by atoms with van der Waals surface area (Å²) in [5.41, 5.74) is 2.51. The average molecular weight is 375 g/mol. The second-order valence-electron chi connectivity index (χ2n) is 7.15. The molecule has 1 fully saturated rings. The summed E-state index contributed by atoms with van der Waals surface area (Å²) in [6.07, 6.45) is 0. The van der Waals surface area contributed by atoms with Gasteiger partial charge in [0.1, 0.15) is 23.8 Å². The molecule has 1 aliphatic rings. The zero-order chi connectivity index (χ0) is 19.2. The van der Waals surface area contributed by atoms with Crippen molar-refractivity contribution < 1.29 is 14.4 Å². The Morgan fingerprint density at radius 3 is 2.32 bits per heavy atom. The van der Waals surface area contributed by atoms with Gasteiger partial charge in [-0.25, -0.2) is 0 Å². The quantitative estimate of drug-likeness (QED) is 0.715. The van der Waals surface area contributed by atoms with E-state index in [2.05, 4.69) is 35.2 Å². The number of hydrogen-bond donors (Lipinski definition) is 1. The van der Waals surface area contributed by atoms with Gasteiger partial charge >= 0.3 is 0 Å². The van der Waals surface area contributed by atoms with E-state index in [0.29, 0.717) is 0 Å². The molecule has 3 aromatic carbocycles. The van der Waals surface area contributed by atoms with Gasteiger partial charge in [-0.1, -0.05) is 42.5 Å². The van der Waals surface area contributed by atoms with E-state index < -0.39 is 0 Å². The molecule has 0 aromatic heterocycles. The summed E-state index contributed by atoms with van der Waals surface area (Å²) in [5, 5.41) is 0. The average Bonchev–Trinajstić information content (AvgIpc) is 2.75. The molecule has 3 aromatic rings. The fourth-order valence-corrected chi connectivity index (χ4v) is 3.76. The highest BCUT2D eigenvalue weighted by Gasteiger charge is 2.22. The van der Waals surface area contributed by atoms with Crippen LogP contribution in [0.4, 0.5) is 5.69 Å². The van der Waals surface area contributed by atoms with E-state index in [1.165, 1.54) is 11.3 Å². The zero-order valence-electron chi connectivity index (χ0n) is 16.3. The molecule has 0 atom stereocenters.